The van der Waals surface area contributed by atoms with Crippen molar-refractivity contribution in [1.82, 2.24) is 0 Å². The quantitative estimate of drug-likeness (QED) is 0.581. The van der Waals surface area contributed by atoms with Crippen LogP contribution in [0.5, 0.6) is 0 Å². The van der Waals surface area contributed by atoms with Gasteiger partial charge >= 0.3 is 0 Å². The molecule has 120 valence electrons. The highest BCUT2D eigenvalue weighted by Crippen LogP contribution is 2.11. The molecular formula is C19H24N4. The third-order valence-electron chi connectivity index (χ3n) is 3.45. The molecule has 4 N–H and O–H groups in total. The smallest absolute Gasteiger partial charge is 0.0920 e. The van der Waals surface area contributed by atoms with Crippen molar-refractivity contribution >= 4 is 11.4 Å². The van der Waals surface area contributed by atoms with Crippen molar-refractivity contribution in [2.75, 3.05) is 19.8 Å². The summed E-state index contributed by atoms with van der Waals surface area (Å²) in [6.45, 7) is 1.66. The summed E-state index contributed by atoms with van der Waals surface area (Å²) in [6.07, 6.45) is 1.94. The molecule has 0 bridgehead atoms. The Balaban J connectivity index is 2.39. The monoisotopic (exact) mass is 308 g/mol. The zero-order valence-electron chi connectivity index (χ0n) is 13.4. The predicted octanol–water partition coefficient (Wildman–Crippen LogP) is 2.62. The van der Waals surface area contributed by atoms with Gasteiger partial charge in [-0.15, -0.1) is 0 Å². The maximum atomic E-state index is 5.70. The van der Waals surface area contributed by atoms with E-state index in [2.05, 4.69) is 17.1 Å². The van der Waals surface area contributed by atoms with E-state index in [0.29, 0.717) is 6.54 Å². The van der Waals surface area contributed by atoms with E-state index >= 15 is 0 Å². The highest BCUT2D eigenvalue weighted by molar-refractivity contribution is 6.53. The van der Waals surface area contributed by atoms with Crippen molar-refractivity contribution in [3.63, 3.8) is 0 Å². The van der Waals surface area contributed by atoms with Crippen molar-refractivity contribution in [3.8, 4) is 0 Å². The molecule has 0 saturated heterocycles. The van der Waals surface area contributed by atoms with Crippen molar-refractivity contribution < 1.29 is 0 Å². The van der Waals surface area contributed by atoms with E-state index in [1.165, 1.54) is 0 Å². The Kier molecular flexibility index (Phi) is 7.17. The number of nitrogens with zero attached hydrogens (tertiary/aromatic N) is 2. The van der Waals surface area contributed by atoms with Crippen molar-refractivity contribution in [3.05, 3.63) is 71.8 Å². The second-order valence-electron chi connectivity index (χ2n) is 5.15. The van der Waals surface area contributed by atoms with Crippen LogP contribution in [-0.2, 0) is 0 Å². The predicted molar refractivity (Wildman–Crippen MR) is 98.2 cm³/mol. The third-order valence-corrected chi connectivity index (χ3v) is 3.45. The highest BCUT2D eigenvalue weighted by atomic mass is 14.9. The van der Waals surface area contributed by atoms with Gasteiger partial charge in [-0.1, -0.05) is 60.7 Å². The molecule has 4 heteroatoms. The first-order valence-corrected chi connectivity index (χ1v) is 7.97. The molecule has 2 aromatic rings. The number of hydrogen-bond donors (Lipinski definition) is 2. The van der Waals surface area contributed by atoms with E-state index in [-0.39, 0.29) is 6.67 Å². The Labute approximate surface area is 138 Å². The van der Waals surface area contributed by atoms with Crippen LogP contribution >= 0.6 is 0 Å². The molecule has 0 aliphatic carbocycles. The lowest BCUT2D eigenvalue weighted by Gasteiger charge is -2.11. The molecule has 23 heavy (non-hydrogen) atoms. The van der Waals surface area contributed by atoms with Gasteiger partial charge in [-0.05, 0) is 19.4 Å². The summed E-state index contributed by atoms with van der Waals surface area (Å²) in [5.41, 5.74) is 15.1. The summed E-state index contributed by atoms with van der Waals surface area (Å²) in [5.74, 6) is 0. The molecule has 0 aliphatic heterocycles. The minimum absolute atomic E-state index is 0.235. The van der Waals surface area contributed by atoms with Crippen LogP contribution in [0.2, 0.25) is 0 Å². The molecule has 0 unspecified atom stereocenters. The van der Waals surface area contributed by atoms with Crippen molar-refractivity contribution in [2.45, 2.75) is 12.8 Å². The fraction of sp³-hybridized carbons (Fsp3) is 0.263. The summed E-state index contributed by atoms with van der Waals surface area (Å²) in [6, 6.07) is 20.2. The minimum atomic E-state index is 0.235. The van der Waals surface area contributed by atoms with Gasteiger partial charge in [-0.3, -0.25) is 9.98 Å². The van der Waals surface area contributed by atoms with Crippen LogP contribution in [-0.4, -0.2) is 31.2 Å². The summed E-state index contributed by atoms with van der Waals surface area (Å²) >= 11 is 0. The molecule has 0 atom stereocenters. The molecule has 0 spiro atoms. The topological polar surface area (TPSA) is 76.8 Å². The molecular weight excluding hydrogens is 284 g/mol. The number of benzene rings is 2. The number of rotatable bonds is 8. The van der Waals surface area contributed by atoms with E-state index in [9.17, 15) is 0 Å². The molecule has 0 radical (unpaired) electrons. The van der Waals surface area contributed by atoms with E-state index in [1.807, 2.05) is 48.5 Å². The Morgan fingerprint density at radius 3 is 1.70 bits per heavy atom. The van der Waals surface area contributed by atoms with Gasteiger partial charge in [-0.2, -0.15) is 0 Å². The molecule has 4 nitrogen and oxygen atoms in total. The van der Waals surface area contributed by atoms with Gasteiger partial charge in [0.05, 0.1) is 18.1 Å². The normalized spacial score (nSPS) is 12.4. The number of nitrogens with two attached hydrogens (primary N) is 2. The van der Waals surface area contributed by atoms with Gasteiger partial charge in [0.1, 0.15) is 0 Å². The maximum absolute atomic E-state index is 5.70. The van der Waals surface area contributed by atoms with Crippen LogP contribution in [0.4, 0.5) is 0 Å². The number of unbranched alkanes of at least 4 members (excludes halogenated alkanes) is 1. The van der Waals surface area contributed by atoms with Crippen LogP contribution in [0.25, 0.3) is 0 Å². The fourth-order valence-corrected chi connectivity index (χ4v) is 2.34. The molecule has 0 aliphatic rings. The molecule has 0 saturated carbocycles. The number of hydrogen-bond acceptors (Lipinski definition) is 4. The number of aliphatic imine (C=N–C) groups is 2. The molecule has 2 rings (SSSR count). The average Bonchev–Trinajstić information content (AvgIpc) is 2.62. The minimum Gasteiger partial charge on any atom is -0.330 e. The van der Waals surface area contributed by atoms with Gasteiger partial charge in [0, 0.05) is 17.7 Å². The maximum Gasteiger partial charge on any atom is 0.0920 e. The van der Waals surface area contributed by atoms with E-state index < -0.39 is 0 Å². The zero-order valence-corrected chi connectivity index (χ0v) is 13.4. The molecule has 2 aromatic carbocycles. The molecule has 0 aromatic heterocycles. The van der Waals surface area contributed by atoms with Crippen LogP contribution in [0, 0.1) is 0 Å². The van der Waals surface area contributed by atoms with Crippen LogP contribution in [0.1, 0.15) is 24.0 Å². The van der Waals surface area contributed by atoms with Gasteiger partial charge in [-0.25, -0.2) is 0 Å². The van der Waals surface area contributed by atoms with Gasteiger partial charge in [0.15, 0.2) is 0 Å². The Hall–Kier alpha value is -2.30. The highest BCUT2D eigenvalue weighted by Gasteiger charge is 2.13. The van der Waals surface area contributed by atoms with Crippen molar-refractivity contribution in [1.29, 1.82) is 0 Å². The largest absolute Gasteiger partial charge is 0.330 e. The van der Waals surface area contributed by atoms with Crippen LogP contribution < -0.4 is 11.5 Å². The lowest BCUT2D eigenvalue weighted by molar-refractivity contribution is 0.757. The Morgan fingerprint density at radius 2 is 1.22 bits per heavy atom. The van der Waals surface area contributed by atoms with Gasteiger partial charge in [0.25, 0.3) is 0 Å². The molecule has 0 fully saturated rings. The van der Waals surface area contributed by atoms with Gasteiger partial charge in [0.2, 0.25) is 0 Å². The van der Waals surface area contributed by atoms with Crippen molar-refractivity contribution in [2.24, 2.45) is 21.5 Å². The SMILES string of the molecule is NCCCCN=C(/C(=N/CN)c1ccccc1)c1ccccc1. The summed E-state index contributed by atoms with van der Waals surface area (Å²) in [7, 11) is 0. The summed E-state index contributed by atoms with van der Waals surface area (Å²) in [5, 5.41) is 0. The van der Waals surface area contributed by atoms with E-state index in [4.69, 9.17) is 16.5 Å². The summed E-state index contributed by atoms with van der Waals surface area (Å²) in [4.78, 5) is 9.31. The molecule has 0 heterocycles. The fourth-order valence-electron chi connectivity index (χ4n) is 2.34. The first-order chi connectivity index (χ1) is 11.4. The Morgan fingerprint density at radius 1 is 0.696 bits per heavy atom. The van der Waals surface area contributed by atoms with Crippen LogP contribution in [0.15, 0.2) is 70.6 Å². The first-order valence-electron chi connectivity index (χ1n) is 7.97. The van der Waals surface area contributed by atoms with Gasteiger partial charge < -0.3 is 11.5 Å². The average molecular weight is 308 g/mol. The zero-order chi connectivity index (χ0) is 16.3. The Bertz CT molecular complexity index is 633. The van der Waals surface area contributed by atoms with E-state index in [1.54, 1.807) is 0 Å². The summed E-state index contributed by atoms with van der Waals surface area (Å²) < 4.78 is 0. The molecule has 0 amide bonds. The second-order valence-corrected chi connectivity index (χ2v) is 5.15. The lowest BCUT2D eigenvalue weighted by Crippen LogP contribution is -2.20. The lowest BCUT2D eigenvalue weighted by atomic mass is 9.99. The first kappa shape index (κ1) is 17.1. The van der Waals surface area contributed by atoms with Crippen LogP contribution in [0.3, 0.4) is 0 Å². The second kappa shape index (κ2) is 9.66. The third kappa shape index (κ3) is 5.13. The van der Waals surface area contributed by atoms with E-state index in [0.717, 1.165) is 41.9 Å². The standard InChI is InChI=1S/C19H24N4/c20-13-7-8-14-22-18(16-9-3-1-4-10-16)19(23-15-21)17-11-5-2-6-12-17/h1-6,9-12H,7-8,13-15,20-21H2/b22-18?,23-19+.